The average molecular weight is 529 g/mol. The monoisotopic (exact) mass is 528 g/mol. The molecule has 5 rings (SSSR count). The average Bonchev–Trinajstić information content (AvgIpc) is 3.36. The van der Waals surface area contributed by atoms with E-state index in [0.717, 1.165) is 16.7 Å². The van der Waals surface area contributed by atoms with Gasteiger partial charge >= 0.3 is 0 Å². The molecule has 6 nitrogen and oxygen atoms in total. The van der Waals surface area contributed by atoms with Crippen LogP contribution in [0.15, 0.2) is 67.0 Å². The minimum Gasteiger partial charge on any atom is -0.494 e. The van der Waals surface area contributed by atoms with Crippen LogP contribution in [-0.2, 0) is 13.0 Å². The smallest absolute Gasteiger partial charge is 0.172 e. The molecule has 38 heavy (non-hydrogen) atoms. The molecule has 1 atom stereocenters. The van der Waals surface area contributed by atoms with E-state index >= 15 is 4.39 Å². The summed E-state index contributed by atoms with van der Waals surface area (Å²) < 4.78 is 32.4. The number of fused-ring (bicyclic) bond motifs is 1. The Balaban J connectivity index is 1.42. The molecule has 0 spiro atoms. The molecule has 0 saturated carbocycles. The summed E-state index contributed by atoms with van der Waals surface area (Å²) in [7, 11) is 1.44. The van der Waals surface area contributed by atoms with Crippen molar-refractivity contribution in [1.29, 1.82) is 5.26 Å². The Morgan fingerprint density at radius 2 is 1.92 bits per heavy atom. The molecule has 0 fully saturated rings. The minimum absolute atomic E-state index is 0.103. The molecule has 0 saturated heterocycles. The van der Waals surface area contributed by atoms with Gasteiger partial charge in [-0.15, -0.1) is 0 Å². The van der Waals surface area contributed by atoms with Gasteiger partial charge in [-0.3, -0.25) is 9.78 Å². The molecule has 1 heterocycles. The number of hydrogen-bond donors (Lipinski definition) is 0. The highest BCUT2D eigenvalue weighted by Crippen LogP contribution is 2.43. The molecular formula is C30H22ClFN2O4. The molecule has 1 aliphatic carbocycles. The summed E-state index contributed by atoms with van der Waals surface area (Å²) in [6.07, 6.45) is 4.77. The van der Waals surface area contributed by atoms with Crippen LogP contribution < -0.4 is 14.2 Å². The Kier molecular flexibility index (Phi) is 7.25. The maximum Gasteiger partial charge on any atom is 0.172 e. The SMILES string of the molecule is COc1cccc(-c2cccc3c2CC[C@@H]3Oc2cc(OCc3cncc(C#N)c3)c(C=O)cc2Cl)c1F. The minimum atomic E-state index is -0.405. The summed E-state index contributed by atoms with van der Waals surface area (Å²) in [6.45, 7) is 0.103. The van der Waals surface area contributed by atoms with Crippen LogP contribution >= 0.6 is 11.6 Å². The molecule has 1 aliphatic rings. The number of hydrogen-bond acceptors (Lipinski definition) is 6. The third kappa shape index (κ3) is 4.91. The zero-order valence-electron chi connectivity index (χ0n) is 20.4. The van der Waals surface area contributed by atoms with Crippen LogP contribution in [0, 0.1) is 17.1 Å². The van der Waals surface area contributed by atoms with E-state index in [9.17, 15) is 4.79 Å². The van der Waals surface area contributed by atoms with Crippen LogP contribution in [0.5, 0.6) is 17.2 Å². The van der Waals surface area contributed by atoms with Gasteiger partial charge in [-0.25, -0.2) is 4.39 Å². The van der Waals surface area contributed by atoms with E-state index < -0.39 is 5.82 Å². The van der Waals surface area contributed by atoms with E-state index in [1.165, 1.54) is 19.4 Å². The van der Waals surface area contributed by atoms with Crippen molar-refractivity contribution >= 4 is 17.9 Å². The van der Waals surface area contributed by atoms with Crippen molar-refractivity contribution in [3.8, 4) is 34.4 Å². The lowest BCUT2D eigenvalue weighted by molar-refractivity contribution is 0.111. The second-order valence-electron chi connectivity index (χ2n) is 8.76. The number of nitriles is 1. The molecule has 0 N–H and O–H groups in total. The van der Waals surface area contributed by atoms with Gasteiger partial charge in [-0.05, 0) is 47.7 Å². The first kappa shape index (κ1) is 25.2. The largest absolute Gasteiger partial charge is 0.494 e. The first-order valence-electron chi connectivity index (χ1n) is 11.9. The van der Waals surface area contributed by atoms with Crippen molar-refractivity contribution in [2.75, 3.05) is 7.11 Å². The molecule has 8 heteroatoms. The van der Waals surface area contributed by atoms with E-state index in [-0.39, 0.29) is 29.0 Å². The van der Waals surface area contributed by atoms with Crippen molar-refractivity contribution in [1.82, 2.24) is 4.98 Å². The van der Waals surface area contributed by atoms with Gasteiger partial charge in [0, 0.05) is 29.6 Å². The van der Waals surface area contributed by atoms with E-state index in [2.05, 4.69) is 4.98 Å². The first-order chi connectivity index (χ1) is 18.5. The van der Waals surface area contributed by atoms with E-state index in [1.807, 2.05) is 24.3 Å². The highest BCUT2D eigenvalue weighted by molar-refractivity contribution is 6.32. The van der Waals surface area contributed by atoms with Crippen molar-refractivity contribution in [3.63, 3.8) is 0 Å². The van der Waals surface area contributed by atoms with Crippen LogP contribution in [0.4, 0.5) is 4.39 Å². The normalized spacial score (nSPS) is 13.9. The highest BCUT2D eigenvalue weighted by atomic mass is 35.5. The molecule has 1 aromatic heterocycles. The highest BCUT2D eigenvalue weighted by Gasteiger charge is 2.28. The number of rotatable bonds is 8. The lowest BCUT2D eigenvalue weighted by Gasteiger charge is -2.19. The zero-order chi connectivity index (χ0) is 26.6. The van der Waals surface area contributed by atoms with Gasteiger partial charge in [0.1, 0.15) is 30.3 Å². The van der Waals surface area contributed by atoms with Gasteiger partial charge in [0.15, 0.2) is 17.9 Å². The lowest BCUT2D eigenvalue weighted by Crippen LogP contribution is -2.06. The zero-order valence-corrected chi connectivity index (χ0v) is 21.2. The number of pyridine rings is 1. The van der Waals surface area contributed by atoms with Crippen LogP contribution in [0.1, 0.15) is 45.1 Å². The third-order valence-corrected chi connectivity index (χ3v) is 6.76. The van der Waals surface area contributed by atoms with Crippen molar-refractivity contribution in [2.24, 2.45) is 0 Å². The first-order valence-corrected chi connectivity index (χ1v) is 12.3. The van der Waals surface area contributed by atoms with E-state index in [4.69, 9.17) is 31.1 Å². The summed E-state index contributed by atoms with van der Waals surface area (Å²) in [6, 6.07) is 17.6. The number of benzene rings is 3. The number of aldehydes is 1. The fourth-order valence-corrected chi connectivity index (χ4v) is 4.88. The molecule has 0 aliphatic heterocycles. The number of halogens is 2. The fourth-order valence-electron chi connectivity index (χ4n) is 4.67. The molecule has 0 radical (unpaired) electrons. The number of aromatic nitrogens is 1. The second kappa shape index (κ2) is 10.9. The van der Waals surface area contributed by atoms with Gasteiger partial charge in [-0.2, -0.15) is 5.26 Å². The number of carbonyl (C=O) groups is 1. The topological polar surface area (TPSA) is 81.4 Å². The van der Waals surface area contributed by atoms with Gasteiger partial charge in [-0.1, -0.05) is 41.9 Å². The van der Waals surface area contributed by atoms with Crippen LogP contribution in [-0.4, -0.2) is 18.4 Å². The molecular weight excluding hydrogens is 507 g/mol. The maximum absolute atomic E-state index is 15.0. The van der Waals surface area contributed by atoms with Crippen molar-refractivity contribution in [3.05, 3.63) is 106 Å². The van der Waals surface area contributed by atoms with Crippen molar-refractivity contribution < 1.29 is 23.4 Å². The second-order valence-corrected chi connectivity index (χ2v) is 9.17. The van der Waals surface area contributed by atoms with Gasteiger partial charge < -0.3 is 14.2 Å². The molecule has 0 bridgehead atoms. The van der Waals surface area contributed by atoms with Gasteiger partial charge in [0.2, 0.25) is 0 Å². The fraction of sp³-hybridized carbons (Fsp3) is 0.167. The molecule has 190 valence electrons. The quantitative estimate of drug-likeness (QED) is 0.232. The summed E-state index contributed by atoms with van der Waals surface area (Å²) >= 11 is 6.47. The van der Waals surface area contributed by atoms with Crippen LogP contribution in [0.3, 0.4) is 0 Å². The molecule has 0 amide bonds. The van der Waals surface area contributed by atoms with Gasteiger partial charge in [0.25, 0.3) is 0 Å². The Morgan fingerprint density at radius 1 is 1.11 bits per heavy atom. The number of methoxy groups -OCH3 is 1. The predicted octanol–water partition coefficient (Wildman–Crippen LogP) is 6.88. The Bertz CT molecular complexity index is 1570. The summed E-state index contributed by atoms with van der Waals surface area (Å²) in [4.78, 5) is 15.7. The Hall–Kier alpha value is -4.41. The standard InChI is InChI=1S/C30H22ClFN2O4/c1-36-27-7-3-6-24(30(27)32)21-4-2-5-23-22(21)8-9-26(23)38-29-12-28(20(16-35)11-25(29)31)37-17-19-10-18(13-33)14-34-15-19/h2-7,10-12,14-16,26H,8-9,17H2,1H3/t26-/m0/s1. The Labute approximate surface area is 224 Å². The number of carbonyl (C=O) groups excluding carboxylic acids is 1. The molecule has 0 unspecified atom stereocenters. The molecule has 4 aromatic rings. The Morgan fingerprint density at radius 3 is 2.71 bits per heavy atom. The predicted molar refractivity (Wildman–Crippen MR) is 140 cm³/mol. The van der Waals surface area contributed by atoms with Gasteiger partial charge in [0.05, 0.1) is 23.3 Å². The van der Waals surface area contributed by atoms with E-state index in [1.54, 1.807) is 36.5 Å². The van der Waals surface area contributed by atoms with Crippen LogP contribution in [0.2, 0.25) is 5.02 Å². The summed E-state index contributed by atoms with van der Waals surface area (Å²) in [5, 5.41) is 9.36. The van der Waals surface area contributed by atoms with Crippen molar-refractivity contribution in [2.45, 2.75) is 25.6 Å². The number of nitrogens with zero attached hydrogens (tertiary/aromatic N) is 2. The summed E-state index contributed by atoms with van der Waals surface area (Å²) in [5.74, 6) is 0.451. The number of ether oxygens (including phenoxy) is 3. The van der Waals surface area contributed by atoms with Crippen LogP contribution in [0.25, 0.3) is 11.1 Å². The summed E-state index contributed by atoms with van der Waals surface area (Å²) in [5.41, 5.74) is 4.59. The molecule has 3 aromatic carbocycles. The maximum atomic E-state index is 15.0. The lowest BCUT2D eigenvalue weighted by atomic mass is 9.96. The third-order valence-electron chi connectivity index (χ3n) is 6.47. The van der Waals surface area contributed by atoms with E-state index in [0.29, 0.717) is 47.3 Å².